The molecule has 0 aromatic heterocycles. The molecule has 0 radical (unpaired) electrons. The number of benzene rings is 1. The molecule has 2 aliphatic heterocycles. The minimum Gasteiger partial charge on any atom is -0.497 e. The molecule has 4 nitrogen and oxygen atoms in total. The van der Waals surface area contributed by atoms with E-state index in [9.17, 15) is 0 Å². The fourth-order valence-electron chi connectivity index (χ4n) is 4.06. The number of methoxy groups -OCH3 is 1. The molecule has 21 heavy (non-hydrogen) atoms. The maximum Gasteiger partial charge on any atom is 0.261 e. The first-order chi connectivity index (χ1) is 9.70. The zero-order valence-corrected chi connectivity index (χ0v) is 13.6. The molecule has 0 aliphatic carbocycles. The van der Waals surface area contributed by atoms with E-state index in [0.717, 1.165) is 11.3 Å². The molecule has 1 aromatic carbocycles. The normalized spacial score (nSPS) is 34.2. The van der Waals surface area contributed by atoms with Crippen molar-refractivity contribution in [3.05, 3.63) is 29.8 Å². The van der Waals surface area contributed by atoms with Crippen LogP contribution < -0.4 is 4.74 Å². The van der Waals surface area contributed by atoms with Crippen LogP contribution in [0.15, 0.2) is 24.3 Å². The van der Waals surface area contributed by atoms with Gasteiger partial charge in [-0.15, -0.1) is 0 Å². The summed E-state index contributed by atoms with van der Waals surface area (Å²) in [4.78, 5) is 11.4. The monoisotopic (exact) mass is 292 g/mol. The van der Waals surface area contributed by atoms with Gasteiger partial charge in [-0.1, -0.05) is 46.8 Å². The molecule has 2 heterocycles. The molecule has 2 saturated heterocycles. The first-order valence-corrected chi connectivity index (χ1v) is 7.36. The maximum absolute atomic E-state index is 6.17. The number of hydrogen-bond acceptors (Lipinski definition) is 4. The summed E-state index contributed by atoms with van der Waals surface area (Å²) in [6, 6.07) is 7.84. The summed E-state index contributed by atoms with van der Waals surface area (Å²) >= 11 is 0. The van der Waals surface area contributed by atoms with Crippen molar-refractivity contribution in [3.8, 4) is 5.75 Å². The van der Waals surface area contributed by atoms with Crippen molar-refractivity contribution in [1.29, 1.82) is 0 Å². The van der Waals surface area contributed by atoms with E-state index in [0.29, 0.717) is 6.61 Å². The summed E-state index contributed by atoms with van der Waals surface area (Å²) < 4.78 is 11.5. The summed E-state index contributed by atoms with van der Waals surface area (Å²) in [5, 5.41) is 0. The van der Waals surface area contributed by atoms with Crippen LogP contribution in [0.1, 0.15) is 40.2 Å². The largest absolute Gasteiger partial charge is 0.497 e. The average molecular weight is 292 g/mol. The summed E-state index contributed by atoms with van der Waals surface area (Å²) in [6.07, 6.45) is 0. The average Bonchev–Trinajstić information content (AvgIpc) is 2.52. The molecule has 2 unspecified atom stereocenters. The SMILES string of the molecule is COc1cccc(C23OCC(C)(C)C2(C(C)(C)C)OO3)c1. The first-order valence-electron chi connectivity index (χ1n) is 7.36. The van der Waals surface area contributed by atoms with E-state index in [1.807, 2.05) is 24.3 Å². The Labute approximate surface area is 126 Å². The molecular weight excluding hydrogens is 268 g/mol. The van der Waals surface area contributed by atoms with Crippen LogP contribution in [0.3, 0.4) is 0 Å². The highest BCUT2D eigenvalue weighted by atomic mass is 17.3. The lowest BCUT2D eigenvalue weighted by molar-refractivity contribution is -0.626. The molecule has 2 atom stereocenters. The Bertz CT molecular complexity index is 560. The van der Waals surface area contributed by atoms with Crippen LogP contribution in [0.4, 0.5) is 0 Å². The molecule has 0 N–H and O–H groups in total. The van der Waals surface area contributed by atoms with Gasteiger partial charge in [0.05, 0.1) is 13.7 Å². The molecule has 0 spiro atoms. The second kappa shape index (κ2) is 4.22. The van der Waals surface area contributed by atoms with Gasteiger partial charge in [-0.25, -0.2) is 4.89 Å². The van der Waals surface area contributed by atoms with Gasteiger partial charge in [0.1, 0.15) is 5.75 Å². The molecule has 2 fully saturated rings. The van der Waals surface area contributed by atoms with Crippen LogP contribution in [-0.2, 0) is 20.3 Å². The second-order valence-corrected chi connectivity index (χ2v) is 7.62. The smallest absolute Gasteiger partial charge is 0.261 e. The third-order valence-electron chi connectivity index (χ3n) is 4.84. The molecule has 4 heteroatoms. The summed E-state index contributed by atoms with van der Waals surface area (Å²) in [5.41, 5.74) is 0.0916. The van der Waals surface area contributed by atoms with Crippen LogP contribution in [0.5, 0.6) is 5.75 Å². The topological polar surface area (TPSA) is 36.9 Å². The van der Waals surface area contributed by atoms with Crippen LogP contribution in [0, 0.1) is 10.8 Å². The highest BCUT2D eigenvalue weighted by Crippen LogP contribution is 2.69. The fourth-order valence-corrected chi connectivity index (χ4v) is 4.06. The fraction of sp³-hybridized carbons (Fsp3) is 0.647. The van der Waals surface area contributed by atoms with Gasteiger partial charge < -0.3 is 9.47 Å². The van der Waals surface area contributed by atoms with Crippen molar-refractivity contribution in [2.24, 2.45) is 10.8 Å². The van der Waals surface area contributed by atoms with E-state index >= 15 is 0 Å². The van der Waals surface area contributed by atoms with E-state index in [4.69, 9.17) is 19.2 Å². The van der Waals surface area contributed by atoms with Gasteiger partial charge in [0.15, 0.2) is 5.60 Å². The van der Waals surface area contributed by atoms with Gasteiger partial charge >= 0.3 is 0 Å². The molecule has 2 aliphatic rings. The zero-order valence-electron chi connectivity index (χ0n) is 13.6. The van der Waals surface area contributed by atoms with Crippen LogP contribution in [-0.4, -0.2) is 19.3 Å². The van der Waals surface area contributed by atoms with E-state index in [2.05, 4.69) is 34.6 Å². The Morgan fingerprint density at radius 1 is 1.14 bits per heavy atom. The summed E-state index contributed by atoms with van der Waals surface area (Å²) in [7, 11) is 1.66. The lowest BCUT2D eigenvalue weighted by Gasteiger charge is -2.61. The number of ether oxygens (including phenoxy) is 2. The third-order valence-corrected chi connectivity index (χ3v) is 4.84. The Balaban J connectivity index is 2.16. The number of fused-ring (bicyclic) bond motifs is 1. The van der Waals surface area contributed by atoms with E-state index < -0.39 is 11.4 Å². The second-order valence-electron chi connectivity index (χ2n) is 7.62. The molecule has 116 valence electrons. The Morgan fingerprint density at radius 2 is 1.86 bits per heavy atom. The van der Waals surface area contributed by atoms with Gasteiger partial charge in [-0.3, -0.25) is 0 Å². The minimum atomic E-state index is -0.872. The minimum absolute atomic E-state index is 0.145. The van der Waals surface area contributed by atoms with Crippen LogP contribution in [0.2, 0.25) is 0 Å². The van der Waals surface area contributed by atoms with Gasteiger partial charge in [0, 0.05) is 16.4 Å². The van der Waals surface area contributed by atoms with Crippen molar-refractivity contribution in [1.82, 2.24) is 0 Å². The Morgan fingerprint density at radius 3 is 2.38 bits per heavy atom. The Hall–Kier alpha value is -1.10. The van der Waals surface area contributed by atoms with E-state index in [1.54, 1.807) is 7.11 Å². The van der Waals surface area contributed by atoms with E-state index in [1.165, 1.54) is 0 Å². The van der Waals surface area contributed by atoms with Crippen molar-refractivity contribution < 1.29 is 19.2 Å². The van der Waals surface area contributed by atoms with Gasteiger partial charge in [-0.2, -0.15) is 4.89 Å². The lowest BCUT2D eigenvalue weighted by Crippen LogP contribution is -2.73. The predicted octanol–water partition coefficient (Wildman–Crippen LogP) is 3.65. The summed E-state index contributed by atoms with van der Waals surface area (Å²) in [5.74, 6) is -0.0861. The van der Waals surface area contributed by atoms with Gasteiger partial charge in [0.2, 0.25) is 0 Å². The highest BCUT2D eigenvalue weighted by molar-refractivity contribution is 5.37. The van der Waals surface area contributed by atoms with Crippen molar-refractivity contribution in [2.45, 2.75) is 46.0 Å². The van der Waals surface area contributed by atoms with E-state index in [-0.39, 0.29) is 10.8 Å². The summed E-state index contributed by atoms with van der Waals surface area (Å²) in [6.45, 7) is 11.4. The Kier molecular flexibility index (Phi) is 2.98. The van der Waals surface area contributed by atoms with Crippen LogP contribution >= 0.6 is 0 Å². The van der Waals surface area contributed by atoms with Crippen molar-refractivity contribution >= 4 is 0 Å². The molecule has 1 aromatic rings. The molecule has 0 saturated carbocycles. The maximum atomic E-state index is 6.17. The van der Waals surface area contributed by atoms with Gasteiger partial charge in [-0.05, 0) is 12.1 Å². The third kappa shape index (κ3) is 1.61. The number of rotatable bonds is 2. The predicted molar refractivity (Wildman–Crippen MR) is 78.8 cm³/mol. The zero-order chi connectivity index (χ0) is 15.5. The standard InChI is InChI=1S/C17H24O4/c1-14(2,3)17-15(4,5)11-19-16(17,20-21-17)12-8-7-9-13(10-12)18-6/h7-10H,11H2,1-6H3. The van der Waals surface area contributed by atoms with Crippen molar-refractivity contribution in [2.75, 3.05) is 13.7 Å². The molecule has 0 amide bonds. The lowest BCUT2D eigenvalue weighted by atomic mass is 9.57. The quantitative estimate of drug-likeness (QED) is 0.780. The highest BCUT2D eigenvalue weighted by Gasteiger charge is 2.81. The molecule has 0 bridgehead atoms. The van der Waals surface area contributed by atoms with Gasteiger partial charge in [0.25, 0.3) is 5.79 Å². The van der Waals surface area contributed by atoms with Crippen LogP contribution in [0.25, 0.3) is 0 Å². The number of hydrogen-bond donors (Lipinski definition) is 0. The first kappa shape index (κ1) is 14.8. The molecule has 3 rings (SSSR count). The van der Waals surface area contributed by atoms with Crippen molar-refractivity contribution in [3.63, 3.8) is 0 Å². The molecular formula is C17H24O4.